The maximum atomic E-state index is 13.3. The fraction of sp³-hybridized carbons (Fsp3) is 0.192. The van der Waals surface area contributed by atoms with Crippen molar-refractivity contribution in [1.29, 1.82) is 0 Å². The van der Waals surface area contributed by atoms with E-state index in [1.54, 1.807) is 18.4 Å². The van der Waals surface area contributed by atoms with Gasteiger partial charge in [0.25, 0.3) is 5.91 Å². The summed E-state index contributed by atoms with van der Waals surface area (Å²) in [6.07, 6.45) is 0. The van der Waals surface area contributed by atoms with Gasteiger partial charge >= 0.3 is 0 Å². The number of ether oxygens (including phenoxy) is 1. The first-order valence-electron chi connectivity index (χ1n) is 10.7. The van der Waals surface area contributed by atoms with Gasteiger partial charge in [0, 0.05) is 11.4 Å². The third-order valence-electron chi connectivity index (χ3n) is 5.85. The second-order valence-electron chi connectivity index (χ2n) is 8.23. The van der Waals surface area contributed by atoms with E-state index < -0.39 is 0 Å². The topological polar surface area (TPSA) is 69.0 Å². The van der Waals surface area contributed by atoms with E-state index in [0.29, 0.717) is 11.3 Å². The van der Waals surface area contributed by atoms with Gasteiger partial charge in [0.2, 0.25) is 5.13 Å². The predicted octanol–water partition coefficient (Wildman–Crippen LogP) is 6.13. The van der Waals surface area contributed by atoms with Crippen molar-refractivity contribution in [2.24, 2.45) is 0 Å². The molecule has 0 atom stereocenters. The summed E-state index contributed by atoms with van der Waals surface area (Å²) in [4.78, 5) is 18.1. The van der Waals surface area contributed by atoms with Crippen molar-refractivity contribution in [1.82, 2.24) is 14.8 Å². The highest BCUT2D eigenvalue weighted by Crippen LogP contribution is 2.35. The maximum Gasteiger partial charge on any atom is 0.259 e. The van der Waals surface area contributed by atoms with Gasteiger partial charge in [-0.25, -0.2) is 9.67 Å². The number of nitrogens with zero attached hydrogens (tertiary/aromatic N) is 3. The molecule has 166 valence electrons. The van der Waals surface area contributed by atoms with Crippen LogP contribution in [-0.2, 0) is 0 Å². The third kappa shape index (κ3) is 3.64. The first kappa shape index (κ1) is 21.2. The van der Waals surface area contributed by atoms with Crippen LogP contribution >= 0.6 is 11.3 Å². The molecule has 0 aliphatic carbocycles. The molecular formula is C26H24N4O2S. The van der Waals surface area contributed by atoms with Crippen LogP contribution < -0.4 is 10.1 Å². The lowest BCUT2D eigenvalue weighted by atomic mass is 10.0. The zero-order valence-electron chi connectivity index (χ0n) is 19.2. The molecule has 0 aliphatic rings. The number of aromatic nitrogens is 3. The van der Waals surface area contributed by atoms with Crippen LogP contribution in [0, 0.1) is 27.7 Å². The number of carbonyl (C=O) groups excluding carboxylic acids is 1. The average Bonchev–Trinajstić information content (AvgIpc) is 3.37. The van der Waals surface area contributed by atoms with Gasteiger partial charge in [0.05, 0.1) is 28.6 Å². The van der Waals surface area contributed by atoms with Crippen molar-refractivity contribution in [3.05, 3.63) is 76.6 Å². The summed E-state index contributed by atoms with van der Waals surface area (Å²) in [5, 5.41) is 10.5. The van der Waals surface area contributed by atoms with E-state index in [2.05, 4.69) is 10.4 Å². The lowest BCUT2D eigenvalue weighted by molar-refractivity contribution is 0.102. The monoisotopic (exact) mass is 456 g/mol. The Balaban J connectivity index is 1.56. The van der Waals surface area contributed by atoms with E-state index in [0.717, 1.165) is 54.3 Å². The number of hydrogen-bond acceptors (Lipinski definition) is 5. The number of carbonyl (C=O) groups is 1. The normalized spacial score (nSPS) is 11.3. The number of fused-ring (bicyclic) bond motifs is 2. The van der Waals surface area contributed by atoms with Gasteiger partial charge in [-0.3, -0.25) is 4.79 Å². The van der Waals surface area contributed by atoms with Crippen molar-refractivity contribution < 1.29 is 9.53 Å². The first-order valence-corrected chi connectivity index (χ1v) is 11.5. The Morgan fingerprint density at radius 3 is 2.42 bits per heavy atom. The summed E-state index contributed by atoms with van der Waals surface area (Å²) in [5.41, 5.74) is 6.14. The van der Waals surface area contributed by atoms with Crippen LogP contribution in [0.4, 0.5) is 5.69 Å². The second kappa shape index (κ2) is 8.01. The Morgan fingerprint density at radius 1 is 1.03 bits per heavy atom. The Morgan fingerprint density at radius 2 is 1.76 bits per heavy atom. The van der Waals surface area contributed by atoms with Crippen molar-refractivity contribution in [3.63, 3.8) is 0 Å². The van der Waals surface area contributed by atoms with Crippen LogP contribution in [0.2, 0.25) is 0 Å². The minimum atomic E-state index is -0.202. The Bertz CT molecular complexity index is 1550. The SMILES string of the molecule is COc1cc2ccccc2cc1C(=O)Nc1c(C)cc2nc(-n3nc(C)cc3C)sc2c1C. The minimum absolute atomic E-state index is 0.202. The summed E-state index contributed by atoms with van der Waals surface area (Å²) < 4.78 is 8.43. The number of hydrogen-bond donors (Lipinski definition) is 1. The molecule has 2 aromatic heterocycles. The lowest BCUT2D eigenvalue weighted by Crippen LogP contribution is -2.15. The predicted molar refractivity (Wildman–Crippen MR) is 134 cm³/mol. The maximum absolute atomic E-state index is 13.3. The van der Waals surface area contributed by atoms with Crippen molar-refractivity contribution >= 4 is 43.9 Å². The second-order valence-corrected chi connectivity index (χ2v) is 9.21. The van der Waals surface area contributed by atoms with Gasteiger partial charge in [0.15, 0.2) is 0 Å². The van der Waals surface area contributed by atoms with E-state index in [-0.39, 0.29) is 5.91 Å². The Kier molecular flexibility index (Phi) is 5.13. The summed E-state index contributed by atoms with van der Waals surface area (Å²) in [5.74, 6) is 0.346. The molecule has 5 aromatic rings. The zero-order chi connectivity index (χ0) is 23.3. The number of thiazole rings is 1. The molecule has 7 heteroatoms. The molecule has 33 heavy (non-hydrogen) atoms. The highest BCUT2D eigenvalue weighted by atomic mass is 32.1. The number of aryl methyl sites for hydroxylation is 4. The molecule has 0 saturated heterocycles. The van der Waals surface area contributed by atoms with Crippen LogP contribution in [0.3, 0.4) is 0 Å². The quantitative estimate of drug-likeness (QED) is 0.353. The molecule has 0 bridgehead atoms. The van der Waals surface area contributed by atoms with E-state index in [1.165, 1.54) is 0 Å². The van der Waals surface area contributed by atoms with E-state index >= 15 is 0 Å². The van der Waals surface area contributed by atoms with E-state index in [1.807, 2.05) is 80.9 Å². The number of anilines is 1. The van der Waals surface area contributed by atoms with Crippen LogP contribution in [0.25, 0.3) is 26.1 Å². The number of benzene rings is 3. The molecule has 0 spiro atoms. The third-order valence-corrected chi connectivity index (χ3v) is 7.01. The molecule has 1 amide bonds. The van der Waals surface area contributed by atoms with Crippen LogP contribution in [-0.4, -0.2) is 27.8 Å². The molecule has 2 heterocycles. The largest absolute Gasteiger partial charge is 0.496 e. The fourth-order valence-corrected chi connectivity index (χ4v) is 5.29. The smallest absolute Gasteiger partial charge is 0.259 e. The van der Waals surface area contributed by atoms with E-state index in [4.69, 9.17) is 9.72 Å². The zero-order valence-corrected chi connectivity index (χ0v) is 20.0. The van der Waals surface area contributed by atoms with E-state index in [9.17, 15) is 4.79 Å². The Hall–Kier alpha value is -3.71. The molecule has 1 N–H and O–H groups in total. The van der Waals surface area contributed by atoms with Gasteiger partial charge in [0.1, 0.15) is 5.75 Å². The van der Waals surface area contributed by atoms with Crippen molar-refractivity contribution in [3.8, 4) is 10.9 Å². The number of methoxy groups -OCH3 is 1. The molecule has 3 aromatic carbocycles. The van der Waals surface area contributed by atoms with Gasteiger partial charge < -0.3 is 10.1 Å². The molecular weight excluding hydrogens is 432 g/mol. The summed E-state index contributed by atoms with van der Waals surface area (Å²) in [6, 6.07) is 15.8. The number of amides is 1. The molecule has 5 rings (SSSR count). The number of nitrogens with one attached hydrogen (secondary N) is 1. The standard InChI is InChI=1S/C26H24N4O2S/c1-14-10-21-24(33-26(27-21)30-16(3)11-15(2)29-30)17(4)23(14)28-25(31)20-12-18-8-6-7-9-19(18)13-22(20)32-5/h6-13H,1-5H3,(H,28,31). The van der Waals surface area contributed by atoms with Crippen LogP contribution in [0.1, 0.15) is 32.9 Å². The summed E-state index contributed by atoms with van der Waals surface area (Å²) >= 11 is 1.57. The van der Waals surface area contributed by atoms with Gasteiger partial charge in [-0.2, -0.15) is 5.10 Å². The number of rotatable bonds is 4. The molecule has 0 radical (unpaired) electrons. The van der Waals surface area contributed by atoms with Crippen molar-refractivity contribution in [2.45, 2.75) is 27.7 Å². The molecule has 0 saturated carbocycles. The summed E-state index contributed by atoms with van der Waals surface area (Å²) in [7, 11) is 1.58. The van der Waals surface area contributed by atoms with Crippen molar-refractivity contribution in [2.75, 3.05) is 12.4 Å². The molecule has 6 nitrogen and oxygen atoms in total. The average molecular weight is 457 g/mol. The first-order chi connectivity index (χ1) is 15.9. The Labute approximate surface area is 195 Å². The van der Waals surface area contributed by atoms with Gasteiger partial charge in [-0.05, 0) is 73.9 Å². The summed E-state index contributed by atoms with van der Waals surface area (Å²) in [6.45, 7) is 8.00. The molecule has 0 unspecified atom stereocenters. The molecule has 0 aliphatic heterocycles. The van der Waals surface area contributed by atoms with Crippen LogP contribution in [0.5, 0.6) is 5.75 Å². The highest BCUT2D eigenvalue weighted by Gasteiger charge is 2.19. The minimum Gasteiger partial charge on any atom is -0.496 e. The lowest BCUT2D eigenvalue weighted by Gasteiger charge is -2.14. The van der Waals surface area contributed by atoms with Gasteiger partial charge in [-0.1, -0.05) is 35.6 Å². The van der Waals surface area contributed by atoms with Gasteiger partial charge in [-0.15, -0.1) is 0 Å². The fourth-order valence-electron chi connectivity index (χ4n) is 4.23. The molecule has 0 fully saturated rings. The highest BCUT2D eigenvalue weighted by molar-refractivity contribution is 7.21. The van der Waals surface area contributed by atoms with Crippen LogP contribution in [0.15, 0.2) is 48.5 Å².